The van der Waals surface area contributed by atoms with Gasteiger partial charge in [0.2, 0.25) is 0 Å². The van der Waals surface area contributed by atoms with E-state index >= 15 is 0 Å². The van der Waals surface area contributed by atoms with Crippen LogP contribution in [0, 0.1) is 0 Å². The molecule has 0 saturated carbocycles. The molecule has 2 heterocycles. The summed E-state index contributed by atoms with van der Waals surface area (Å²) in [5.74, 6) is 0.876. The SMILES string of the molecule is CCNC(=NCc1c(CC)nn(C)c1CC)NCC(C)N1CCOCC1.I. The molecule has 0 aromatic carbocycles. The number of ether oxygens (including phenoxy) is 1. The molecule has 2 N–H and O–H groups in total. The third kappa shape index (κ3) is 6.90. The highest BCUT2D eigenvalue weighted by Gasteiger charge is 2.17. The molecule has 0 bridgehead atoms. The molecule has 1 aromatic heterocycles. The van der Waals surface area contributed by atoms with Crippen molar-refractivity contribution in [2.24, 2.45) is 12.0 Å². The minimum atomic E-state index is 0. The molecule has 8 heteroatoms. The molecule has 7 nitrogen and oxygen atoms in total. The van der Waals surface area contributed by atoms with Crippen LogP contribution in [0.2, 0.25) is 0 Å². The summed E-state index contributed by atoms with van der Waals surface area (Å²) in [5, 5.41) is 11.5. The Morgan fingerprint density at radius 3 is 2.48 bits per heavy atom. The zero-order valence-electron chi connectivity index (χ0n) is 17.5. The minimum Gasteiger partial charge on any atom is -0.379 e. The van der Waals surface area contributed by atoms with E-state index < -0.39 is 0 Å². The van der Waals surface area contributed by atoms with Crippen molar-refractivity contribution < 1.29 is 4.74 Å². The van der Waals surface area contributed by atoms with Gasteiger partial charge < -0.3 is 15.4 Å². The fourth-order valence-electron chi connectivity index (χ4n) is 3.46. The maximum absolute atomic E-state index is 5.44. The molecular formula is C19H37IN6O. The van der Waals surface area contributed by atoms with E-state index in [-0.39, 0.29) is 24.0 Å². The summed E-state index contributed by atoms with van der Waals surface area (Å²) in [6.07, 6.45) is 1.92. The number of aryl methyl sites for hydroxylation is 2. The molecule has 2 rings (SSSR count). The summed E-state index contributed by atoms with van der Waals surface area (Å²) in [5.41, 5.74) is 3.71. The molecule has 0 aliphatic carbocycles. The quantitative estimate of drug-likeness (QED) is 0.330. The van der Waals surface area contributed by atoms with Crippen LogP contribution in [0.5, 0.6) is 0 Å². The van der Waals surface area contributed by atoms with Crippen LogP contribution in [0.3, 0.4) is 0 Å². The van der Waals surface area contributed by atoms with Gasteiger partial charge in [-0.25, -0.2) is 4.99 Å². The van der Waals surface area contributed by atoms with Crippen LogP contribution in [0.4, 0.5) is 0 Å². The summed E-state index contributed by atoms with van der Waals surface area (Å²) in [7, 11) is 2.03. The van der Waals surface area contributed by atoms with E-state index in [1.165, 1.54) is 11.3 Å². The zero-order valence-corrected chi connectivity index (χ0v) is 19.9. The Morgan fingerprint density at radius 2 is 1.89 bits per heavy atom. The van der Waals surface area contributed by atoms with Crippen LogP contribution in [-0.4, -0.2) is 66.1 Å². The highest BCUT2D eigenvalue weighted by molar-refractivity contribution is 14.0. The first-order valence-electron chi connectivity index (χ1n) is 9.98. The summed E-state index contributed by atoms with van der Waals surface area (Å²) >= 11 is 0. The first-order valence-corrected chi connectivity index (χ1v) is 9.98. The number of aromatic nitrogens is 2. The standard InChI is InChI=1S/C19H36N6O.HI/c1-6-17-16(18(7-2)24(5)23-17)14-22-19(20-8-3)21-13-15(4)25-9-11-26-12-10-25;/h15H,6-14H2,1-5H3,(H2,20,21,22);1H. The first kappa shape index (κ1) is 24.2. The van der Waals surface area contributed by atoms with Crippen molar-refractivity contribution in [3.8, 4) is 0 Å². The van der Waals surface area contributed by atoms with Gasteiger partial charge in [-0.1, -0.05) is 13.8 Å². The number of halogens is 1. The number of nitrogens with one attached hydrogen (secondary N) is 2. The monoisotopic (exact) mass is 492 g/mol. The first-order chi connectivity index (χ1) is 12.6. The predicted octanol–water partition coefficient (Wildman–Crippen LogP) is 1.94. The third-order valence-electron chi connectivity index (χ3n) is 5.00. The van der Waals surface area contributed by atoms with Crippen LogP contribution in [0.1, 0.15) is 44.6 Å². The number of aliphatic imine (C=N–C) groups is 1. The Kier molecular flexibility index (Phi) is 11.2. The molecule has 1 unspecified atom stereocenters. The predicted molar refractivity (Wildman–Crippen MR) is 122 cm³/mol. The van der Waals surface area contributed by atoms with Crippen molar-refractivity contribution in [3.63, 3.8) is 0 Å². The van der Waals surface area contributed by atoms with E-state index in [1.54, 1.807) is 0 Å². The zero-order chi connectivity index (χ0) is 18.9. The highest BCUT2D eigenvalue weighted by atomic mass is 127. The lowest BCUT2D eigenvalue weighted by Gasteiger charge is -2.32. The number of rotatable bonds is 8. The molecule has 27 heavy (non-hydrogen) atoms. The Labute approximate surface area is 181 Å². The molecule has 1 fully saturated rings. The van der Waals surface area contributed by atoms with Crippen LogP contribution >= 0.6 is 24.0 Å². The van der Waals surface area contributed by atoms with E-state index in [0.29, 0.717) is 12.6 Å². The lowest BCUT2D eigenvalue weighted by molar-refractivity contribution is 0.0211. The van der Waals surface area contributed by atoms with Gasteiger partial charge in [0.25, 0.3) is 0 Å². The van der Waals surface area contributed by atoms with Crippen LogP contribution in [-0.2, 0) is 31.2 Å². The van der Waals surface area contributed by atoms with Crippen molar-refractivity contribution >= 4 is 29.9 Å². The second-order valence-corrected chi connectivity index (χ2v) is 6.78. The fraction of sp³-hybridized carbons (Fsp3) is 0.789. The number of morpholine rings is 1. The van der Waals surface area contributed by atoms with Gasteiger partial charge in [0.1, 0.15) is 0 Å². The smallest absolute Gasteiger partial charge is 0.191 e. The van der Waals surface area contributed by atoms with Crippen LogP contribution < -0.4 is 10.6 Å². The maximum atomic E-state index is 5.44. The average Bonchev–Trinajstić information content (AvgIpc) is 2.98. The van der Waals surface area contributed by atoms with E-state index in [2.05, 4.69) is 48.3 Å². The molecule has 1 aliphatic heterocycles. The van der Waals surface area contributed by atoms with Crippen molar-refractivity contribution in [2.45, 2.75) is 53.1 Å². The van der Waals surface area contributed by atoms with Crippen molar-refractivity contribution in [3.05, 3.63) is 17.0 Å². The Hall–Kier alpha value is -0.870. The lowest BCUT2D eigenvalue weighted by atomic mass is 10.1. The fourth-order valence-corrected chi connectivity index (χ4v) is 3.46. The molecule has 1 aliphatic rings. The summed E-state index contributed by atoms with van der Waals surface area (Å²) < 4.78 is 7.45. The topological polar surface area (TPSA) is 66.7 Å². The van der Waals surface area contributed by atoms with Gasteiger partial charge in [-0.15, -0.1) is 24.0 Å². The van der Waals surface area contributed by atoms with Gasteiger partial charge in [0.05, 0.1) is 25.5 Å². The Morgan fingerprint density at radius 1 is 1.19 bits per heavy atom. The van der Waals surface area contributed by atoms with Gasteiger partial charge >= 0.3 is 0 Å². The van der Waals surface area contributed by atoms with Gasteiger partial charge in [0, 0.05) is 50.5 Å². The number of guanidine groups is 1. The average molecular weight is 492 g/mol. The molecule has 0 spiro atoms. The normalized spacial score (nSPS) is 16.7. The second-order valence-electron chi connectivity index (χ2n) is 6.78. The second kappa shape index (κ2) is 12.6. The van der Waals surface area contributed by atoms with Crippen molar-refractivity contribution in [1.29, 1.82) is 0 Å². The van der Waals surface area contributed by atoms with E-state index in [9.17, 15) is 0 Å². The van der Waals surface area contributed by atoms with Crippen LogP contribution in [0.25, 0.3) is 0 Å². The largest absolute Gasteiger partial charge is 0.379 e. The van der Waals surface area contributed by atoms with E-state index in [0.717, 1.165) is 63.9 Å². The molecule has 0 amide bonds. The molecule has 1 saturated heterocycles. The van der Waals surface area contributed by atoms with Crippen LogP contribution in [0.15, 0.2) is 4.99 Å². The summed E-state index contributed by atoms with van der Waals surface area (Å²) in [6, 6.07) is 0.457. The Balaban J connectivity index is 0.00000364. The highest BCUT2D eigenvalue weighted by Crippen LogP contribution is 2.16. The number of hydrogen-bond acceptors (Lipinski definition) is 4. The minimum absolute atomic E-state index is 0. The van der Waals surface area contributed by atoms with E-state index in [1.807, 2.05) is 11.7 Å². The summed E-state index contributed by atoms with van der Waals surface area (Å²) in [6.45, 7) is 14.8. The molecule has 0 radical (unpaired) electrons. The van der Waals surface area contributed by atoms with Gasteiger partial charge in [-0.05, 0) is 26.7 Å². The molecular weight excluding hydrogens is 455 g/mol. The summed E-state index contributed by atoms with van der Waals surface area (Å²) in [4.78, 5) is 7.29. The third-order valence-corrected chi connectivity index (χ3v) is 5.00. The van der Waals surface area contributed by atoms with Crippen molar-refractivity contribution in [1.82, 2.24) is 25.3 Å². The maximum Gasteiger partial charge on any atom is 0.191 e. The molecule has 1 aromatic rings. The molecule has 1 atom stereocenters. The Bertz CT molecular complexity index is 583. The number of hydrogen-bond donors (Lipinski definition) is 2. The van der Waals surface area contributed by atoms with Gasteiger partial charge in [-0.3, -0.25) is 9.58 Å². The number of nitrogens with zero attached hydrogens (tertiary/aromatic N) is 4. The van der Waals surface area contributed by atoms with Crippen molar-refractivity contribution in [2.75, 3.05) is 39.4 Å². The van der Waals surface area contributed by atoms with E-state index in [4.69, 9.17) is 9.73 Å². The lowest BCUT2D eigenvalue weighted by Crippen LogP contribution is -2.49. The van der Waals surface area contributed by atoms with Gasteiger partial charge in [0.15, 0.2) is 5.96 Å². The molecule has 156 valence electrons. The van der Waals surface area contributed by atoms with Gasteiger partial charge in [-0.2, -0.15) is 5.10 Å².